The number of aryl methyl sites for hydroxylation is 1. The summed E-state index contributed by atoms with van der Waals surface area (Å²) in [5.74, 6) is 0. The van der Waals surface area contributed by atoms with E-state index in [1.54, 1.807) is 6.07 Å². The third-order valence-corrected chi connectivity index (χ3v) is 3.72. The number of hydrogen-bond acceptors (Lipinski definition) is 1. The monoisotopic (exact) mass is 293 g/mol. The predicted molar refractivity (Wildman–Crippen MR) is 82.9 cm³/mol. The zero-order valence-electron chi connectivity index (χ0n) is 11.1. The average molecular weight is 294 g/mol. The largest absolute Gasteiger partial charge is 0.306 e. The Balaban J connectivity index is 2.01. The van der Waals surface area contributed by atoms with Crippen molar-refractivity contribution in [1.82, 2.24) is 5.32 Å². The highest BCUT2D eigenvalue weighted by Gasteiger charge is 2.09. The van der Waals surface area contributed by atoms with Gasteiger partial charge in [-0.1, -0.05) is 59.1 Å². The van der Waals surface area contributed by atoms with E-state index >= 15 is 0 Å². The first-order valence-electron chi connectivity index (χ1n) is 6.30. The van der Waals surface area contributed by atoms with E-state index in [9.17, 15) is 0 Å². The molecule has 0 saturated heterocycles. The van der Waals surface area contributed by atoms with Crippen LogP contribution in [0.2, 0.25) is 10.0 Å². The van der Waals surface area contributed by atoms with Gasteiger partial charge in [0.15, 0.2) is 0 Å². The molecule has 100 valence electrons. The fourth-order valence-corrected chi connectivity index (χ4v) is 2.51. The van der Waals surface area contributed by atoms with Crippen molar-refractivity contribution in [3.63, 3.8) is 0 Å². The first-order chi connectivity index (χ1) is 9.06. The highest BCUT2D eigenvalue weighted by molar-refractivity contribution is 6.35. The Morgan fingerprint density at radius 1 is 1.05 bits per heavy atom. The lowest BCUT2D eigenvalue weighted by molar-refractivity contribution is 0.575. The summed E-state index contributed by atoms with van der Waals surface area (Å²) in [4.78, 5) is 0. The fourth-order valence-electron chi connectivity index (χ4n) is 1.94. The van der Waals surface area contributed by atoms with Crippen molar-refractivity contribution in [3.05, 3.63) is 69.2 Å². The molecule has 0 amide bonds. The predicted octanol–water partition coefficient (Wildman–Crippen LogP) is 5.15. The normalized spacial score (nSPS) is 12.4. The van der Waals surface area contributed by atoms with E-state index in [1.807, 2.05) is 12.1 Å². The van der Waals surface area contributed by atoms with E-state index in [2.05, 4.69) is 43.4 Å². The molecule has 0 radical (unpaired) electrons. The third kappa shape index (κ3) is 3.97. The zero-order chi connectivity index (χ0) is 13.8. The minimum atomic E-state index is 0.186. The van der Waals surface area contributed by atoms with Crippen molar-refractivity contribution in [1.29, 1.82) is 0 Å². The SMILES string of the molecule is Cc1ccc(CNC(C)c2ccc(Cl)cc2Cl)cc1. The Bertz CT molecular complexity index is 549. The van der Waals surface area contributed by atoms with Gasteiger partial charge < -0.3 is 5.32 Å². The van der Waals surface area contributed by atoms with Crippen LogP contribution in [0.25, 0.3) is 0 Å². The summed E-state index contributed by atoms with van der Waals surface area (Å²) in [5.41, 5.74) is 3.61. The third-order valence-electron chi connectivity index (χ3n) is 3.16. The molecule has 3 heteroatoms. The summed E-state index contributed by atoms with van der Waals surface area (Å²) in [6.45, 7) is 5.01. The molecule has 1 unspecified atom stereocenters. The van der Waals surface area contributed by atoms with Crippen molar-refractivity contribution in [3.8, 4) is 0 Å². The standard InChI is InChI=1S/C16H17Cl2N/c1-11-3-5-13(6-4-11)10-19-12(2)15-8-7-14(17)9-16(15)18/h3-9,12,19H,10H2,1-2H3. The lowest BCUT2D eigenvalue weighted by Gasteiger charge is -2.16. The van der Waals surface area contributed by atoms with Gasteiger partial charge in [-0.3, -0.25) is 0 Å². The van der Waals surface area contributed by atoms with Gasteiger partial charge in [0, 0.05) is 22.6 Å². The smallest absolute Gasteiger partial charge is 0.0468 e. The van der Waals surface area contributed by atoms with Crippen molar-refractivity contribution >= 4 is 23.2 Å². The van der Waals surface area contributed by atoms with Crippen molar-refractivity contribution in [2.45, 2.75) is 26.4 Å². The Morgan fingerprint density at radius 2 is 1.74 bits per heavy atom. The molecule has 1 nitrogen and oxygen atoms in total. The van der Waals surface area contributed by atoms with E-state index in [0.29, 0.717) is 10.0 Å². The van der Waals surface area contributed by atoms with E-state index in [4.69, 9.17) is 23.2 Å². The van der Waals surface area contributed by atoms with Gasteiger partial charge in [-0.25, -0.2) is 0 Å². The first kappa shape index (κ1) is 14.4. The second-order valence-corrected chi connectivity index (χ2v) is 5.60. The number of benzene rings is 2. The molecule has 2 aromatic rings. The van der Waals surface area contributed by atoms with Crippen LogP contribution in [0.15, 0.2) is 42.5 Å². The van der Waals surface area contributed by atoms with E-state index < -0.39 is 0 Å². The van der Waals surface area contributed by atoms with Crippen LogP contribution in [0.5, 0.6) is 0 Å². The summed E-state index contributed by atoms with van der Waals surface area (Å²) in [6, 6.07) is 14.3. The van der Waals surface area contributed by atoms with Crippen LogP contribution in [-0.4, -0.2) is 0 Å². The van der Waals surface area contributed by atoms with Gasteiger partial charge in [-0.05, 0) is 37.1 Å². The minimum absolute atomic E-state index is 0.186. The molecule has 0 aromatic heterocycles. The van der Waals surface area contributed by atoms with Crippen LogP contribution in [0.4, 0.5) is 0 Å². The molecule has 0 heterocycles. The van der Waals surface area contributed by atoms with Gasteiger partial charge >= 0.3 is 0 Å². The van der Waals surface area contributed by atoms with Gasteiger partial charge in [-0.2, -0.15) is 0 Å². The molecule has 2 aromatic carbocycles. The number of halogens is 2. The van der Waals surface area contributed by atoms with Crippen LogP contribution < -0.4 is 5.32 Å². The number of rotatable bonds is 4. The maximum absolute atomic E-state index is 6.20. The molecule has 0 aliphatic rings. The van der Waals surface area contributed by atoms with Gasteiger partial charge in [0.2, 0.25) is 0 Å². The summed E-state index contributed by atoms with van der Waals surface area (Å²) >= 11 is 12.1. The molecule has 0 aliphatic carbocycles. The molecule has 2 rings (SSSR count). The molecule has 0 fully saturated rings. The van der Waals surface area contributed by atoms with Crippen molar-refractivity contribution in [2.75, 3.05) is 0 Å². The Hall–Kier alpha value is -1.02. The second-order valence-electron chi connectivity index (χ2n) is 4.75. The van der Waals surface area contributed by atoms with Crippen LogP contribution >= 0.6 is 23.2 Å². The average Bonchev–Trinajstić information content (AvgIpc) is 2.37. The lowest BCUT2D eigenvalue weighted by atomic mass is 10.1. The van der Waals surface area contributed by atoms with Crippen molar-refractivity contribution in [2.24, 2.45) is 0 Å². The summed E-state index contributed by atoms with van der Waals surface area (Å²) in [6.07, 6.45) is 0. The number of nitrogens with one attached hydrogen (secondary N) is 1. The molecule has 1 N–H and O–H groups in total. The molecule has 19 heavy (non-hydrogen) atoms. The van der Waals surface area contributed by atoms with E-state index in [-0.39, 0.29) is 6.04 Å². The molecule has 1 atom stereocenters. The molecule has 0 aliphatic heterocycles. The van der Waals surface area contributed by atoms with Gasteiger partial charge in [-0.15, -0.1) is 0 Å². The highest BCUT2D eigenvalue weighted by atomic mass is 35.5. The lowest BCUT2D eigenvalue weighted by Crippen LogP contribution is -2.18. The second kappa shape index (κ2) is 6.42. The van der Waals surface area contributed by atoms with Crippen LogP contribution in [0.3, 0.4) is 0 Å². The first-order valence-corrected chi connectivity index (χ1v) is 7.06. The molecular weight excluding hydrogens is 277 g/mol. The maximum Gasteiger partial charge on any atom is 0.0468 e. The maximum atomic E-state index is 6.20. The Kier molecular flexibility index (Phi) is 4.87. The highest BCUT2D eigenvalue weighted by Crippen LogP contribution is 2.26. The van der Waals surface area contributed by atoms with Crippen LogP contribution in [-0.2, 0) is 6.54 Å². The van der Waals surface area contributed by atoms with Crippen LogP contribution in [0.1, 0.15) is 29.7 Å². The zero-order valence-corrected chi connectivity index (χ0v) is 12.6. The molecule has 0 bridgehead atoms. The summed E-state index contributed by atoms with van der Waals surface area (Å²) < 4.78 is 0. The molecule has 0 spiro atoms. The van der Waals surface area contributed by atoms with Gasteiger partial charge in [0.1, 0.15) is 0 Å². The van der Waals surface area contributed by atoms with Crippen LogP contribution in [0, 0.1) is 6.92 Å². The molecule has 0 saturated carbocycles. The summed E-state index contributed by atoms with van der Waals surface area (Å²) in [5, 5.41) is 4.84. The quantitative estimate of drug-likeness (QED) is 0.822. The fraction of sp³-hybridized carbons (Fsp3) is 0.250. The molecular formula is C16H17Cl2N. The van der Waals surface area contributed by atoms with Gasteiger partial charge in [0.05, 0.1) is 0 Å². The minimum Gasteiger partial charge on any atom is -0.306 e. The van der Waals surface area contributed by atoms with E-state index in [1.165, 1.54) is 11.1 Å². The van der Waals surface area contributed by atoms with E-state index in [0.717, 1.165) is 12.1 Å². The Morgan fingerprint density at radius 3 is 2.37 bits per heavy atom. The Labute approximate surface area is 124 Å². The van der Waals surface area contributed by atoms with Crippen molar-refractivity contribution < 1.29 is 0 Å². The summed E-state index contributed by atoms with van der Waals surface area (Å²) in [7, 11) is 0. The number of hydrogen-bond donors (Lipinski definition) is 1. The van der Waals surface area contributed by atoms with Gasteiger partial charge in [0.25, 0.3) is 0 Å². The topological polar surface area (TPSA) is 12.0 Å².